The first-order chi connectivity index (χ1) is 15.7. The van der Waals surface area contributed by atoms with Gasteiger partial charge in [0.25, 0.3) is 5.91 Å². The van der Waals surface area contributed by atoms with Crippen molar-refractivity contribution in [3.63, 3.8) is 0 Å². The van der Waals surface area contributed by atoms with Crippen LogP contribution in [0.1, 0.15) is 46.2 Å². The van der Waals surface area contributed by atoms with Crippen molar-refractivity contribution in [2.45, 2.75) is 25.9 Å². The summed E-state index contributed by atoms with van der Waals surface area (Å²) in [5, 5.41) is 13.3. The first-order valence-electron chi connectivity index (χ1n) is 9.86. The number of benzene rings is 1. The zero-order chi connectivity index (χ0) is 24.0. The predicted molar refractivity (Wildman–Crippen MR) is 110 cm³/mol. The summed E-state index contributed by atoms with van der Waals surface area (Å²) >= 11 is 0. The zero-order valence-corrected chi connectivity index (χ0v) is 17.7. The quantitative estimate of drug-likeness (QED) is 0.399. The van der Waals surface area contributed by atoms with Crippen molar-refractivity contribution in [2.24, 2.45) is 0 Å². The Hall–Kier alpha value is -3.96. The van der Waals surface area contributed by atoms with E-state index in [1.807, 2.05) is 6.92 Å². The lowest BCUT2D eigenvalue weighted by Crippen LogP contribution is -2.21. The standard InChI is InChI=1S/C21H20F3N5O4/c1-3-4-11-33-20(31)13-5-7-14(8-6-13)26-19(30)15-12-25-29(18(15)21(22,23)24)16-9-10-17(32-2)28-27-16/h5-10,12H,3-4,11H2,1-2H3,(H,26,30). The van der Waals surface area contributed by atoms with Gasteiger partial charge in [-0.15, -0.1) is 10.2 Å². The highest BCUT2D eigenvalue weighted by Crippen LogP contribution is 2.33. The maximum Gasteiger partial charge on any atom is 0.434 e. The van der Waals surface area contributed by atoms with Crippen molar-refractivity contribution >= 4 is 17.6 Å². The van der Waals surface area contributed by atoms with E-state index in [0.717, 1.165) is 19.0 Å². The number of carbonyl (C=O) groups excluding carboxylic acids is 2. The molecular formula is C21H20F3N5O4. The van der Waals surface area contributed by atoms with Crippen LogP contribution in [0.4, 0.5) is 18.9 Å². The van der Waals surface area contributed by atoms with Gasteiger partial charge in [-0.3, -0.25) is 4.79 Å². The van der Waals surface area contributed by atoms with E-state index in [1.54, 1.807) is 0 Å². The molecule has 1 aromatic carbocycles. The van der Waals surface area contributed by atoms with Gasteiger partial charge in [-0.1, -0.05) is 13.3 Å². The van der Waals surface area contributed by atoms with E-state index in [9.17, 15) is 22.8 Å². The summed E-state index contributed by atoms with van der Waals surface area (Å²) < 4.78 is 51.7. The number of halogens is 3. The van der Waals surface area contributed by atoms with Gasteiger partial charge in [0.15, 0.2) is 11.5 Å². The number of methoxy groups -OCH3 is 1. The molecule has 1 amide bonds. The molecule has 1 N–H and O–H groups in total. The number of ether oxygens (including phenoxy) is 2. The Bertz CT molecular complexity index is 1110. The highest BCUT2D eigenvalue weighted by Gasteiger charge is 2.41. The van der Waals surface area contributed by atoms with E-state index in [1.165, 1.54) is 43.5 Å². The second-order valence-corrected chi connectivity index (χ2v) is 6.77. The second-order valence-electron chi connectivity index (χ2n) is 6.77. The molecule has 2 aromatic heterocycles. The Morgan fingerprint density at radius 2 is 1.82 bits per heavy atom. The fourth-order valence-electron chi connectivity index (χ4n) is 2.78. The molecule has 33 heavy (non-hydrogen) atoms. The van der Waals surface area contributed by atoms with Crippen LogP contribution in [0.3, 0.4) is 0 Å². The van der Waals surface area contributed by atoms with Crippen molar-refractivity contribution in [3.05, 3.63) is 59.4 Å². The monoisotopic (exact) mass is 463 g/mol. The first-order valence-corrected chi connectivity index (χ1v) is 9.86. The van der Waals surface area contributed by atoms with Crippen molar-refractivity contribution < 1.29 is 32.2 Å². The molecule has 0 aliphatic heterocycles. The molecule has 0 atom stereocenters. The number of hydrogen-bond acceptors (Lipinski definition) is 7. The molecule has 0 aliphatic carbocycles. The minimum absolute atomic E-state index is 0.107. The van der Waals surface area contributed by atoms with Crippen LogP contribution >= 0.6 is 0 Å². The van der Waals surface area contributed by atoms with Crippen LogP contribution in [-0.4, -0.2) is 45.6 Å². The number of unbranched alkanes of at least 4 members (excludes halogenated alkanes) is 1. The Morgan fingerprint density at radius 1 is 1.09 bits per heavy atom. The molecule has 0 aliphatic rings. The average molecular weight is 463 g/mol. The Balaban J connectivity index is 1.81. The predicted octanol–water partition coefficient (Wildman–Crippen LogP) is 3.90. The van der Waals surface area contributed by atoms with Gasteiger partial charge in [0.05, 0.1) is 31.0 Å². The van der Waals surface area contributed by atoms with E-state index >= 15 is 0 Å². The molecule has 0 fully saturated rings. The lowest BCUT2D eigenvalue weighted by molar-refractivity contribution is -0.143. The number of hydrogen-bond donors (Lipinski definition) is 1. The number of carbonyl (C=O) groups is 2. The minimum Gasteiger partial charge on any atom is -0.480 e. The van der Waals surface area contributed by atoms with Gasteiger partial charge in [-0.2, -0.15) is 18.3 Å². The largest absolute Gasteiger partial charge is 0.480 e. The molecule has 3 aromatic rings. The van der Waals surface area contributed by atoms with Crippen LogP contribution in [0.25, 0.3) is 5.82 Å². The minimum atomic E-state index is -4.91. The van der Waals surface area contributed by atoms with Gasteiger partial charge < -0.3 is 14.8 Å². The molecule has 2 heterocycles. The maximum atomic E-state index is 13.8. The number of anilines is 1. The summed E-state index contributed by atoms with van der Waals surface area (Å²) in [5.74, 6) is -1.70. The molecule has 174 valence electrons. The summed E-state index contributed by atoms with van der Waals surface area (Å²) in [6.07, 6.45) is -2.50. The third-order valence-corrected chi connectivity index (χ3v) is 4.44. The van der Waals surface area contributed by atoms with Crippen molar-refractivity contribution in [2.75, 3.05) is 19.0 Å². The summed E-state index contributed by atoms with van der Waals surface area (Å²) in [6.45, 7) is 2.25. The number of amides is 1. The van der Waals surface area contributed by atoms with Crippen LogP contribution in [0, 0.1) is 0 Å². The van der Waals surface area contributed by atoms with Crippen LogP contribution in [0.5, 0.6) is 5.88 Å². The van der Waals surface area contributed by atoms with E-state index < -0.39 is 29.3 Å². The summed E-state index contributed by atoms with van der Waals surface area (Å²) in [5.41, 5.74) is -1.57. The molecule has 9 nitrogen and oxygen atoms in total. The number of esters is 1. The summed E-state index contributed by atoms with van der Waals surface area (Å²) in [6, 6.07) is 8.14. The van der Waals surface area contributed by atoms with E-state index in [2.05, 4.69) is 20.6 Å². The fraction of sp³-hybridized carbons (Fsp3) is 0.286. The van der Waals surface area contributed by atoms with Crippen LogP contribution in [0.15, 0.2) is 42.6 Å². The van der Waals surface area contributed by atoms with Gasteiger partial charge in [-0.05, 0) is 36.8 Å². The summed E-state index contributed by atoms with van der Waals surface area (Å²) in [7, 11) is 1.34. The van der Waals surface area contributed by atoms with Crippen molar-refractivity contribution in [1.82, 2.24) is 20.0 Å². The number of nitrogens with zero attached hydrogens (tertiary/aromatic N) is 4. The zero-order valence-electron chi connectivity index (χ0n) is 17.7. The first kappa shape index (κ1) is 23.7. The van der Waals surface area contributed by atoms with E-state index in [4.69, 9.17) is 9.47 Å². The van der Waals surface area contributed by atoms with Gasteiger partial charge in [0.1, 0.15) is 0 Å². The molecule has 12 heteroatoms. The Morgan fingerprint density at radius 3 is 2.39 bits per heavy atom. The van der Waals surface area contributed by atoms with Crippen molar-refractivity contribution in [3.8, 4) is 11.7 Å². The number of alkyl halides is 3. The number of nitrogens with one attached hydrogen (secondary N) is 1. The van der Waals surface area contributed by atoms with Gasteiger partial charge in [0, 0.05) is 11.8 Å². The van der Waals surface area contributed by atoms with Gasteiger partial charge in [0.2, 0.25) is 5.88 Å². The maximum absolute atomic E-state index is 13.8. The van der Waals surface area contributed by atoms with Crippen LogP contribution in [-0.2, 0) is 10.9 Å². The third kappa shape index (κ3) is 5.64. The van der Waals surface area contributed by atoms with Gasteiger partial charge in [-0.25, -0.2) is 9.48 Å². The smallest absolute Gasteiger partial charge is 0.434 e. The number of rotatable bonds is 8. The third-order valence-electron chi connectivity index (χ3n) is 4.44. The molecule has 0 saturated carbocycles. The molecule has 0 unspecified atom stereocenters. The lowest BCUT2D eigenvalue weighted by Gasteiger charge is -2.12. The molecular weight excluding hydrogens is 443 g/mol. The second kappa shape index (κ2) is 10.1. The molecule has 3 rings (SSSR count). The average Bonchev–Trinajstić information content (AvgIpc) is 3.26. The van der Waals surface area contributed by atoms with Crippen LogP contribution < -0.4 is 10.1 Å². The van der Waals surface area contributed by atoms with Crippen molar-refractivity contribution in [1.29, 1.82) is 0 Å². The lowest BCUT2D eigenvalue weighted by atomic mass is 10.2. The van der Waals surface area contributed by atoms with E-state index in [0.29, 0.717) is 4.68 Å². The molecule has 0 bridgehead atoms. The van der Waals surface area contributed by atoms with Crippen LogP contribution in [0.2, 0.25) is 0 Å². The normalized spacial score (nSPS) is 11.2. The Labute approximate surface area is 186 Å². The molecule has 0 saturated heterocycles. The molecule has 0 radical (unpaired) electrons. The highest BCUT2D eigenvalue weighted by molar-refractivity contribution is 6.05. The topological polar surface area (TPSA) is 108 Å². The van der Waals surface area contributed by atoms with E-state index in [-0.39, 0.29) is 29.6 Å². The molecule has 0 spiro atoms. The number of aromatic nitrogens is 4. The van der Waals surface area contributed by atoms with Gasteiger partial charge >= 0.3 is 12.1 Å². The Kier molecular flexibility index (Phi) is 7.26. The highest BCUT2D eigenvalue weighted by atomic mass is 19.4. The fourth-order valence-corrected chi connectivity index (χ4v) is 2.78. The summed E-state index contributed by atoms with van der Waals surface area (Å²) in [4.78, 5) is 24.6. The SMILES string of the molecule is CCCCOC(=O)c1ccc(NC(=O)c2cnn(-c3ccc(OC)nn3)c2C(F)(F)F)cc1.